The van der Waals surface area contributed by atoms with Gasteiger partial charge in [0, 0.05) is 25.0 Å². The van der Waals surface area contributed by atoms with Crippen molar-refractivity contribution < 1.29 is 26.4 Å². The lowest BCUT2D eigenvalue weighted by Crippen LogP contribution is -2.29. The number of carbonyl (C=O) groups excluding carboxylic acids is 1. The summed E-state index contributed by atoms with van der Waals surface area (Å²) in [6.07, 6.45) is -2.12. The topological polar surface area (TPSA) is 110 Å². The Kier molecular flexibility index (Phi) is 7.68. The van der Waals surface area contributed by atoms with E-state index in [2.05, 4.69) is 20.4 Å². The van der Waals surface area contributed by atoms with Gasteiger partial charge in [0.15, 0.2) is 15.5 Å². The summed E-state index contributed by atoms with van der Waals surface area (Å²) in [4.78, 5) is 22.5. The van der Waals surface area contributed by atoms with E-state index in [9.17, 15) is 26.4 Å². The van der Waals surface area contributed by atoms with E-state index in [4.69, 9.17) is 0 Å². The van der Waals surface area contributed by atoms with Crippen LogP contribution in [0.2, 0.25) is 0 Å². The lowest BCUT2D eigenvalue weighted by atomic mass is 10.1. The molecule has 3 rings (SSSR count). The number of nitrogens with one attached hydrogen (secondary N) is 1. The number of nitrogens with zero attached hydrogens (tertiary/aromatic N) is 5. The van der Waals surface area contributed by atoms with Gasteiger partial charge in [-0.15, -0.1) is 0 Å². The molecule has 13 heteroatoms. The number of aromatic nitrogens is 4. The zero-order valence-corrected chi connectivity index (χ0v) is 22.2. The maximum atomic E-state index is 13.7. The normalized spacial score (nSPS) is 12.5. The number of carbonyl (C=O) groups is 1. The van der Waals surface area contributed by atoms with Crippen LogP contribution in [0.3, 0.4) is 0 Å². The summed E-state index contributed by atoms with van der Waals surface area (Å²) >= 11 is 0. The first-order chi connectivity index (χ1) is 17.1. The standard InChI is InChI=1S/C24H29F3N6O3S/c1-7-37(35,36)17-11-10-16(29-14-17)13-30-21(34)19-15(2)22(33(31-19)23(3,4)5)32(6)20-18(24(25,26)27)9-8-12-28-20/h8-12,14H,7,13H2,1-6H3,(H,30,34). The lowest BCUT2D eigenvalue weighted by Gasteiger charge is -2.28. The average Bonchev–Trinajstić information content (AvgIpc) is 3.19. The second-order valence-electron chi connectivity index (χ2n) is 9.38. The summed E-state index contributed by atoms with van der Waals surface area (Å²) in [6, 6.07) is 5.09. The molecule has 0 aliphatic rings. The quantitative estimate of drug-likeness (QED) is 0.479. The van der Waals surface area contributed by atoms with Crippen molar-refractivity contribution >= 4 is 27.4 Å². The Balaban J connectivity index is 1.94. The zero-order chi connectivity index (χ0) is 27.8. The molecule has 0 spiro atoms. The molecule has 3 heterocycles. The maximum absolute atomic E-state index is 13.7. The Labute approximate surface area is 213 Å². The van der Waals surface area contributed by atoms with Gasteiger partial charge in [0.25, 0.3) is 5.91 Å². The maximum Gasteiger partial charge on any atom is 0.419 e. The Morgan fingerprint density at radius 3 is 2.35 bits per heavy atom. The Bertz CT molecular complexity index is 1390. The fourth-order valence-corrected chi connectivity index (χ4v) is 4.49. The van der Waals surface area contributed by atoms with Crippen LogP contribution in [0.4, 0.5) is 24.8 Å². The third-order valence-corrected chi connectivity index (χ3v) is 7.36. The molecular weight excluding hydrogens is 509 g/mol. The zero-order valence-electron chi connectivity index (χ0n) is 21.4. The minimum atomic E-state index is -4.63. The molecule has 0 saturated carbocycles. The fourth-order valence-electron chi connectivity index (χ4n) is 3.67. The van der Waals surface area contributed by atoms with Gasteiger partial charge in [-0.3, -0.25) is 9.78 Å². The number of anilines is 2. The molecule has 1 N–H and O–H groups in total. The Morgan fingerprint density at radius 1 is 1.14 bits per heavy atom. The third-order valence-electron chi connectivity index (χ3n) is 5.64. The lowest BCUT2D eigenvalue weighted by molar-refractivity contribution is -0.137. The summed E-state index contributed by atoms with van der Waals surface area (Å²) in [7, 11) is -1.95. The highest BCUT2D eigenvalue weighted by atomic mass is 32.2. The monoisotopic (exact) mass is 538 g/mol. The molecule has 0 aromatic carbocycles. The van der Waals surface area contributed by atoms with Crippen LogP contribution in [-0.4, -0.2) is 46.9 Å². The number of halogens is 3. The third kappa shape index (κ3) is 5.92. The number of sulfone groups is 1. The molecule has 0 aliphatic heterocycles. The van der Waals surface area contributed by atoms with E-state index in [-0.39, 0.29) is 34.5 Å². The molecule has 9 nitrogen and oxygen atoms in total. The van der Waals surface area contributed by atoms with E-state index in [1.807, 2.05) is 20.8 Å². The van der Waals surface area contributed by atoms with Crippen molar-refractivity contribution in [2.75, 3.05) is 17.7 Å². The van der Waals surface area contributed by atoms with Crippen molar-refractivity contribution in [2.24, 2.45) is 0 Å². The van der Waals surface area contributed by atoms with E-state index in [0.29, 0.717) is 11.3 Å². The first-order valence-electron chi connectivity index (χ1n) is 11.4. The van der Waals surface area contributed by atoms with E-state index >= 15 is 0 Å². The number of rotatable bonds is 7. The highest BCUT2D eigenvalue weighted by Gasteiger charge is 2.37. The summed E-state index contributed by atoms with van der Waals surface area (Å²) in [5.41, 5.74) is -0.763. The molecule has 0 unspecified atom stereocenters. The van der Waals surface area contributed by atoms with Crippen molar-refractivity contribution in [1.29, 1.82) is 0 Å². The van der Waals surface area contributed by atoms with Gasteiger partial charge < -0.3 is 10.2 Å². The molecule has 200 valence electrons. The Morgan fingerprint density at radius 2 is 1.81 bits per heavy atom. The van der Waals surface area contributed by atoms with E-state index < -0.39 is 33.0 Å². The smallest absolute Gasteiger partial charge is 0.345 e. The molecule has 0 aliphatic carbocycles. The van der Waals surface area contributed by atoms with Gasteiger partial charge in [0.1, 0.15) is 11.6 Å². The average molecular weight is 539 g/mol. The molecule has 3 aromatic heterocycles. The highest BCUT2D eigenvalue weighted by Crippen LogP contribution is 2.39. The second kappa shape index (κ2) is 10.1. The summed E-state index contributed by atoms with van der Waals surface area (Å²) in [5, 5.41) is 7.14. The number of amides is 1. The largest absolute Gasteiger partial charge is 0.419 e. The molecule has 0 saturated heterocycles. The number of pyridine rings is 2. The van der Waals surface area contributed by atoms with Crippen molar-refractivity contribution in [1.82, 2.24) is 25.1 Å². The van der Waals surface area contributed by atoms with Crippen LogP contribution in [-0.2, 0) is 28.1 Å². The summed E-state index contributed by atoms with van der Waals surface area (Å²) in [5.74, 6) is -0.643. The predicted octanol–water partition coefficient (Wildman–Crippen LogP) is 4.25. The Hall–Kier alpha value is -3.48. The van der Waals surface area contributed by atoms with Gasteiger partial charge in [-0.1, -0.05) is 6.92 Å². The van der Waals surface area contributed by atoms with Crippen LogP contribution in [0.15, 0.2) is 41.6 Å². The molecule has 3 aromatic rings. The van der Waals surface area contributed by atoms with Crippen molar-refractivity contribution in [2.45, 2.75) is 57.8 Å². The first-order valence-corrected chi connectivity index (χ1v) is 13.0. The van der Waals surface area contributed by atoms with E-state index in [1.54, 1.807) is 6.92 Å². The van der Waals surface area contributed by atoms with Crippen molar-refractivity contribution in [3.63, 3.8) is 0 Å². The molecule has 37 heavy (non-hydrogen) atoms. The van der Waals surface area contributed by atoms with Crippen molar-refractivity contribution in [3.05, 3.63) is 59.2 Å². The van der Waals surface area contributed by atoms with Gasteiger partial charge >= 0.3 is 6.18 Å². The van der Waals surface area contributed by atoms with E-state index in [1.165, 1.54) is 54.1 Å². The minimum Gasteiger partial charge on any atom is -0.345 e. The molecule has 0 radical (unpaired) electrons. The van der Waals surface area contributed by atoms with Crippen LogP contribution >= 0.6 is 0 Å². The highest BCUT2D eigenvalue weighted by molar-refractivity contribution is 7.91. The van der Waals surface area contributed by atoms with Gasteiger partial charge in [-0.2, -0.15) is 18.3 Å². The molecule has 0 bridgehead atoms. The summed E-state index contributed by atoms with van der Waals surface area (Å²) < 4.78 is 66.4. The number of alkyl halides is 3. The predicted molar refractivity (Wildman–Crippen MR) is 132 cm³/mol. The SMILES string of the molecule is CCS(=O)(=O)c1ccc(CNC(=O)c2nn(C(C)(C)C)c(N(C)c3ncccc3C(F)(F)F)c2C)nc1. The van der Waals surface area contributed by atoms with Crippen LogP contribution in [0.5, 0.6) is 0 Å². The van der Waals surface area contributed by atoms with Crippen LogP contribution in [0, 0.1) is 6.92 Å². The molecular formula is C24H29F3N6O3S. The number of hydrogen-bond donors (Lipinski definition) is 1. The van der Waals surface area contributed by atoms with E-state index in [0.717, 1.165) is 6.07 Å². The summed E-state index contributed by atoms with van der Waals surface area (Å²) in [6.45, 7) is 8.59. The van der Waals surface area contributed by atoms with Crippen LogP contribution in [0.25, 0.3) is 0 Å². The fraction of sp³-hybridized carbons (Fsp3) is 0.417. The van der Waals surface area contributed by atoms with Crippen molar-refractivity contribution in [3.8, 4) is 0 Å². The first kappa shape index (κ1) is 28.1. The van der Waals surface area contributed by atoms with Gasteiger partial charge in [0.05, 0.1) is 34.0 Å². The van der Waals surface area contributed by atoms with Gasteiger partial charge in [-0.05, 0) is 52.0 Å². The van der Waals surface area contributed by atoms with Crippen LogP contribution in [0.1, 0.15) is 55.0 Å². The molecule has 1 amide bonds. The molecule has 0 fully saturated rings. The number of hydrogen-bond acceptors (Lipinski definition) is 7. The van der Waals surface area contributed by atoms with Gasteiger partial charge in [0.2, 0.25) is 0 Å². The van der Waals surface area contributed by atoms with Crippen LogP contribution < -0.4 is 10.2 Å². The van der Waals surface area contributed by atoms with Gasteiger partial charge in [-0.25, -0.2) is 18.1 Å². The minimum absolute atomic E-state index is 0.00324. The second-order valence-corrected chi connectivity index (χ2v) is 11.7. The molecule has 0 atom stereocenters.